The molecule has 2 heterocycles. The number of thiophene rings is 1. The van der Waals surface area contributed by atoms with Crippen molar-refractivity contribution < 1.29 is 17.9 Å². The normalized spacial score (nSPS) is 14.0. The quantitative estimate of drug-likeness (QED) is 0.882. The third-order valence-electron chi connectivity index (χ3n) is 3.64. The molecule has 0 fully saturated rings. The van der Waals surface area contributed by atoms with Gasteiger partial charge in [0.2, 0.25) is 15.9 Å². The molecule has 3 rings (SSSR count). The predicted molar refractivity (Wildman–Crippen MR) is 95.4 cm³/mol. The molecule has 0 saturated heterocycles. The topological polar surface area (TPSA) is 75.7 Å². The molecule has 128 valence electrons. The zero-order valence-electron chi connectivity index (χ0n) is 13.2. The lowest BCUT2D eigenvalue weighted by Gasteiger charge is -2.29. The number of sulfonamides is 1. The second kappa shape index (κ2) is 6.82. The van der Waals surface area contributed by atoms with Gasteiger partial charge in [-0.05, 0) is 30.0 Å². The number of benzene rings is 1. The maximum atomic E-state index is 12.0. The van der Waals surface area contributed by atoms with E-state index >= 15 is 0 Å². The lowest BCUT2D eigenvalue weighted by atomic mass is 10.2. The number of carbonyl (C=O) groups excluding carboxylic acids is 1. The fraction of sp³-hybridized carbons (Fsp3) is 0.312. The first kappa shape index (κ1) is 16.8. The van der Waals surface area contributed by atoms with Crippen molar-refractivity contribution in [2.75, 3.05) is 29.0 Å². The Morgan fingerprint density at radius 2 is 2.21 bits per heavy atom. The molecular formula is C16H18N2O4S2. The van der Waals surface area contributed by atoms with E-state index in [2.05, 4.69) is 5.32 Å². The summed E-state index contributed by atoms with van der Waals surface area (Å²) < 4.78 is 30.5. The Balaban J connectivity index is 1.68. The minimum absolute atomic E-state index is 0.0841. The largest absolute Gasteiger partial charge is 0.489 e. The highest BCUT2D eigenvalue weighted by atomic mass is 32.2. The van der Waals surface area contributed by atoms with Gasteiger partial charge in [0.1, 0.15) is 12.4 Å². The Kier molecular flexibility index (Phi) is 4.77. The third-order valence-corrected chi connectivity index (χ3v) is 5.76. The molecule has 1 aliphatic rings. The van der Waals surface area contributed by atoms with Gasteiger partial charge in [-0.1, -0.05) is 6.07 Å². The van der Waals surface area contributed by atoms with Crippen LogP contribution in [0.15, 0.2) is 35.7 Å². The van der Waals surface area contributed by atoms with E-state index in [1.807, 2.05) is 17.5 Å². The second-order valence-corrected chi connectivity index (χ2v) is 8.43. The molecule has 0 radical (unpaired) electrons. The lowest BCUT2D eigenvalue weighted by Crippen LogP contribution is -2.37. The zero-order valence-corrected chi connectivity index (χ0v) is 14.8. The number of hydrogen-bond donors (Lipinski definition) is 1. The van der Waals surface area contributed by atoms with Gasteiger partial charge in [0.05, 0.1) is 18.5 Å². The van der Waals surface area contributed by atoms with Gasteiger partial charge in [-0.2, -0.15) is 0 Å². The Morgan fingerprint density at radius 1 is 1.38 bits per heavy atom. The minimum atomic E-state index is -3.34. The van der Waals surface area contributed by atoms with Crippen molar-refractivity contribution in [1.29, 1.82) is 0 Å². The van der Waals surface area contributed by atoms with Crippen molar-refractivity contribution in [3.63, 3.8) is 0 Å². The highest BCUT2D eigenvalue weighted by Gasteiger charge is 2.25. The Labute approximate surface area is 145 Å². The van der Waals surface area contributed by atoms with Gasteiger partial charge >= 0.3 is 0 Å². The van der Waals surface area contributed by atoms with Crippen LogP contribution in [0, 0.1) is 0 Å². The van der Waals surface area contributed by atoms with Crippen molar-refractivity contribution in [2.24, 2.45) is 0 Å². The van der Waals surface area contributed by atoms with Crippen LogP contribution >= 0.6 is 11.3 Å². The number of hydrogen-bond acceptors (Lipinski definition) is 5. The predicted octanol–water partition coefficient (Wildman–Crippen LogP) is 2.48. The Hall–Kier alpha value is -2.06. The number of rotatable bonds is 5. The third kappa shape index (κ3) is 3.88. The van der Waals surface area contributed by atoms with Crippen molar-refractivity contribution in [3.05, 3.63) is 40.6 Å². The number of fused-ring (bicyclic) bond motifs is 1. The van der Waals surface area contributed by atoms with Crippen molar-refractivity contribution in [2.45, 2.75) is 12.8 Å². The average molecular weight is 366 g/mol. The molecule has 0 atom stereocenters. The molecule has 1 aromatic carbocycles. The van der Waals surface area contributed by atoms with Crippen LogP contribution in [0.25, 0.3) is 0 Å². The molecule has 2 aromatic rings. The molecule has 0 spiro atoms. The smallest absolute Gasteiger partial charge is 0.232 e. The molecular weight excluding hydrogens is 348 g/mol. The molecule has 1 aliphatic heterocycles. The number of carbonyl (C=O) groups is 1. The molecule has 1 aromatic heterocycles. The van der Waals surface area contributed by atoms with Crippen LogP contribution in [0.1, 0.15) is 11.3 Å². The van der Waals surface area contributed by atoms with Crippen molar-refractivity contribution in [1.82, 2.24) is 0 Å². The molecule has 0 saturated carbocycles. The first-order valence-electron chi connectivity index (χ1n) is 7.50. The SMILES string of the molecule is CS(=O)(=O)N1CCOc2cc(NC(=O)CCc3cccs3)ccc21. The van der Waals surface area contributed by atoms with E-state index in [9.17, 15) is 13.2 Å². The summed E-state index contributed by atoms with van der Waals surface area (Å²) in [6.07, 6.45) is 2.27. The fourth-order valence-electron chi connectivity index (χ4n) is 2.53. The number of anilines is 2. The van der Waals surface area contributed by atoms with E-state index in [4.69, 9.17) is 4.74 Å². The van der Waals surface area contributed by atoms with Crippen molar-refractivity contribution >= 4 is 38.6 Å². The standard InChI is InChI=1S/C16H18N2O4S2/c1-24(20,21)18-8-9-22-15-11-12(4-6-14(15)18)17-16(19)7-5-13-3-2-10-23-13/h2-4,6,10-11H,5,7-9H2,1H3,(H,17,19). The maximum Gasteiger partial charge on any atom is 0.232 e. The van der Waals surface area contributed by atoms with Crippen molar-refractivity contribution in [3.8, 4) is 5.75 Å². The van der Waals surface area contributed by atoms with Gasteiger partial charge < -0.3 is 10.1 Å². The van der Waals surface area contributed by atoms with Gasteiger partial charge in [-0.3, -0.25) is 9.10 Å². The lowest BCUT2D eigenvalue weighted by molar-refractivity contribution is -0.116. The van der Waals surface area contributed by atoms with Gasteiger partial charge in [-0.25, -0.2) is 8.42 Å². The molecule has 0 aliphatic carbocycles. The van der Waals surface area contributed by atoms with E-state index in [-0.39, 0.29) is 12.5 Å². The summed E-state index contributed by atoms with van der Waals surface area (Å²) in [5.74, 6) is 0.377. The number of nitrogens with zero attached hydrogens (tertiary/aromatic N) is 1. The van der Waals surface area contributed by atoms with E-state index in [1.54, 1.807) is 29.5 Å². The molecule has 6 nitrogen and oxygen atoms in total. The van der Waals surface area contributed by atoms with Crippen LogP contribution in [-0.4, -0.2) is 33.7 Å². The summed E-state index contributed by atoms with van der Waals surface area (Å²) in [7, 11) is -3.34. The van der Waals surface area contributed by atoms with E-state index in [1.165, 1.54) is 15.4 Å². The summed E-state index contributed by atoms with van der Waals surface area (Å²) in [5.41, 5.74) is 1.10. The first-order valence-corrected chi connectivity index (χ1v) is 10.2. The molecule has 0 bridgehead atoms. The molecule has 0 unspecified atom stereocenters. The summed E-state index contributed by atoms with van der Waals surface area (Å²) in [4.78, 5) is 13.2. The van der Waals surface area contributed by atoms with Gasteiger partial charge in [-0.15, -0.1) is 11.3 Å². The summed E-state index contributed by atoms with van der Waals surface area (Å²) in [5, 5.41) is 4.81. The van der Waals surface area contributed by atoms with Gasteiger partial charge in [0.25, 0.3) is 0 Å². The number of aryl methyl sites for hydroxylation is 1. The average Bonchev–Trinajstić information content (AvgIpc) is 3.04. The monoisotopic (exact) mass is 366 g/mol. The number of nitrogens with one attached hydrogen (secondary N) is 1. The summed E-state index contributed by atoms with van der Waals surface area (Å²) in [6.45, 7) is 0.578. The van der Waals surface area contributed by atoms with Gasteiger partial charge in [0, 0.05) is 23.1 Å². The van der Waals surface area contributed by atoms with Crippen LogP contribution in [0.5, 0.6) is 5.75 Å². The highest BCUT2D eigenvalue weighted by molar-refractivity contribution is 7.92. The van der Waals surface area contributed by atoms with Crippen LogP contribution in [0.3, 0.4) is 0 Å². The van der Waals surface area contributed by atoms with Crippen LogP contribution in [-0.2, 0) is 21.2 Å². The minimum Gasteiger partial charge on any atom is -0.489 e. The number of ether oxygens (including phenoxy) is 1. The summed E-state index contributed by atoms with van der Waals surface area (Å²) >= 11 is 1.63. The highest BCUT2D eigenvalue weighted by Crippen LogP contribution is 2.35. The molecule has 1 amide bonds. The zero-order chi connectivity index (χ0) is 17.2. The molecule has 24 heavy (non-hydrogen) atoms. The van der Waals surface area contributed by atoms with E-state index in [0.29, 0.717) is 36.5 Å². The Morgan fingerprint density at radius 3 is 2.92 bits per heavy atom. The van der Waals surface area contributed by atoms with Crippen LogP contribution in [0.2, 0.25) is 0 Å². The summed E-state index contributed by atoms with van der Waals surface area (Å²) in [6, 6.07) is 8.98. The van der Waals surface area contributed by atoms with E-state index < -0.39 is 10.0 Å². The molecule has 8 heteroatoms. The Bertz CT molecular complexity index is 832. The van der Waals surface area contributed by atoms with Gasteiger partial charge in [0.15, 0.2) is 0 Å². The number of amides is 1. The maximum absolute atomic E-state index is 12.0. The van der Waals surface area contributed by atoms with E-state index in [0.717, 1.165) is 0 Å². The first-order chi connectivity index (χ1) is 11.4. The fourth-order valence-corrected chi connectivity index (χ4v) is 4.16. The molecule has 1 N–H and O–H groups in total. The second-order valence-electron chi connectivity index (χ2n) is 5.49. The van der Waals surface area contributed by atoms with Crippen LogP contribution < -0.4 is 14.4 Å². The van der Waals surface area contributed by atoms with Crippen LogP contribution in [0.4, 0.5) is 11.4 Å².